The van der Waals surface area contributed by atoms with E-state index >= 15 is 0 Å². The lowest BCUT2D eigenvalue weighted by atomic mass is 10.1. The molecule has 0 bridgehead atoms. The Labute approximate surface area is 112 Å². The van der Waals surface area contributed by atoms with Crippen LogP contribution in [0.1, 0.15) is 15.9 Å². The maximum Gasteiger partial charge on any atom is 0.411 e. The summed E-state index contributed by atoms with van der Waals surface area (Å²) in [5, 5.41) is 11.1. The third kappa shape index (κ3) is 5.27. The molecule has 8 heteroatoms. The molecule has 1 aromatic rings. The molecule has 0 spiro atoms. The number of rotatable bonds is 5. The van der Waals surface area contributed by atoms with Crippen molar-refractivity contribution in [2.24, 2.45) is 0 Å². The van der Waals surface area contributed by atoms with E-state index in [4.69, 9.17) is 5.11 Å². The SMILES string of the molecule is Cc1cc(NC(=O)COCC(F)(F)F)ccc1C(=O)O. The lowest BCUT2D eigenvalue weighted by Gasteiger charge is -2.09. The average Bonchev–Trinajstić information content (AvgIpc) is 2.26. The van der Waals surface area contributed by atoms with E-state index in [1.165, 1.54) is 18.2 Å². The normalized spacial score (nSPS) is 11.2. The zero-order valence-corrected chi connectivity index (χ0v) is 10.5. The number of amides is 1. The molecule has 0 saturated heterocycles. The Kier molecular flexibility index (Phi) is 5.09. The van der Waals surface area contributed by atoms with E-state index in [9.17, 15) is 22.8 Å². The van der Waals surface area contributed by atoms with E-state index in [0.29, 0.717) is 5.56 Å². The van der Waals surface area contributed by atoms with Crippen molar-refractivity contribution in [2.75, 3.05) is 18.5 Å². The summed E-state index contributed by atoms with van der Waals surface area (Å²) in [7, 11) is 0. The van der Waals surface area contributed by atoms with Crippen LogP contribution >= 0.6 is 0 Å². The van der Waals surface area contributed by atoms with Gasteiger partial charge in [0, 0.05) is 5.69 Å². The number of nitrogens with one attached hydrogen (secondary N) is 1. The lowest BCUT2D eigenvalue weighted by Crippen LogP contribution is -2.24. The average molecular weight is 291 g/mol. The van der Waals surface area contributed by atoms with E-state index in [1.54, 1.807) is 6.92 Å². The highest BCUT2D eigenvalue weighted by Crippen LogP contribution is 2.16. The number of hydrogen-bond acceptors (Lipinski definition) is 3. The van der Waals surface area contributed by atoms with Crippen molar-refractivity contribution < 1.29 is 32.6 Å². The highest BCUT2D eigenvalue weighted by Gasteiger charge is 2.27. The molecule has 1 aromatic carbocycles. The molecule has 0 aliphatic carbocycles. The summed E-state index contributed by atoms with van der Waals surface area (Å²) in [6, 6.07) is 4.05. The molecular weight excluding hydrogens is 279 g/mol. The Morgan fingerprint density at radius 3 is 2.50 bits per heavy atom. The van der Waals surface area contributed by atoms with Gasteiger partial charge in [0.25, 0.3) is 0 Å². The van der Waals surface area contributed by atoms with Crippen molar-refractivity contribution >= 4 is 17.6 Å². The van der Waals surface area contributed by atoms with Crippen molar-refractivity contribution in [3.8, 4) is 0 Å². The zero-order chi connectivity index (χ0) is 15.3. The number of carboxylic acid groups (broad SMARTS) is 1. The molecule has 0 heterocycles. The van der Waals surface area contributed by atoms with Crippen LogP contribution in [0, 0.1) is 6.92 Å². The van der Waals surface area contributed by atoms with Crippen LogP contribution in [0.15, 0.2) is 18.2 Å². The molecule has 0 unspecified atom stereocenters. The first-order valence-electron chi connectivity index (χ1n) is 5.47. The Bertz CT molecular complexity index is 514. The molecule has 2 N–H and O–H groups in total. The number of alkyl halides is 3. The molecule has 0 aliphatic rings. The number of carbonyl (C=O) groups is 2. The summed E-state index contributed by atoms with van der Waals surface area (Å²) < 4.78 is 39.6. The lowest BCUT2D eigenvalue weighted by molar-refractivity contribution is -0.174. The molecule has 1 rings (SSSR count). The molecule has 0 radical (unpaired) electrons. The fourth-order valence-corrected chi connectivity index (χ4v) is 1.44. The van der Waals surface area contributed by atoms with Gasteiger partial charge in [0.2, 0.25) is 5.91 Å². The number of aryl methyl sites for hydroxylation is 1. The zero-order valence-electron chi connectivity index (χ0n) is 10.5. The highest BCUT2D eigenvalue weighted by atomic mass is 19.4. The third-order valence-corrected chi connectivity index (χ3v) is 2.24. The van der Waals surface area contributed by atoms with E-state index in [1.807, 2.05) is 0 Å². The molecule has 110 valence electrons. The fourth-order valence-electron chi connectivity index (χ4n) is 1.44. The van der Waals surface area contributed by atoms with Crippen molar-refractivity contribution in [2.45, 2.75) is 13.1 Å². The van der Waals surface area contributed by atoms with Gasteiger partial charge in [-0.15, -0.1) is 0 Å². The maximum absolute atomic E-state index is 11.8. The number of aromatic carboxylic acids is 1. The van der Waals surface area contributed by atoms with Crippen molar-refractivity contribution in [1.29, 1.82) is 0 Å². The minimum absolute atomic E-state index is 0.0799. The van der Waals surface area contributed by atoms with Gasteiger partial charge in [0.1, 0.15) is 13.2 Å². The summed E-state index contributed by atoms with van der Waals surface area (Å²) in [6.07, 6.45) is -4.49. The van der Waals surface area contributed by atoms with Crippen LogP contribution in [0.5, 0.6) is 0 Å². The predicted molar refractivity (Wildman–Crippen MR) is 63.6 cm³/mol. The van der Waals surface area contributed by atoms with Crippen LogP contribution in [-0.4, -0.2) is 36.4 Å². The van der Waals surface area contributed by atoms with Crippen molar-refractivity contribution in [3.63, 3.8) is 0 Å². The summed E-state index contributed by atoms with van der Waals surface area (Å²) in [4.78, 5) is 22.1. The molecule has 0 atom stereocenters. The van der Waals surface area contributed by atoms with Crippen LogP contribution in [0.2, 0.25) is 0 Å². The van der Waals surface area contributed by atoms with E-state index in [-0.39, 0.29) is 11.3 Å². The summed E-state index contributed by atoms with van der Waals surface area (Å²) in [5.74, 6) is -1.86. The fraction of sp³-hybridized carbons (Fsp3) is 0.333. The molecule has 0 aromatic heterocycles. The first-order valence-corrected chi connectivity index (χ1v) is 5.47. The molecule has 0 fully saturated rings. The number of anilines is 1. The van der Waals surface area contributed by atoms with Crippen LogP contribution in [0.3, 0.4) is 0 Å². The van der Waals surface area contributed by atoms with E-state index in [0.717, 1.165) is 0 Å². The minimum atomic E-state index is -4.49. The number of carbonyl (C=O) groups excluding carboxylic acids is 1. The monoisotopic (exact) mass is 291 g/mol. The molecular formula is C12H12F3NO4. The highest BCUT2D eigenvalue weighted by molar-refractivity contribution is 5.94. The van der Waals surface area contributed by atoms with Gasteiger partial charge in [-0.25, -0.2) is 4.79 Å². The predicted octanol–water partition coefficient (Wildman–Crippen LogP) is 2.21. The first kappa shape index (κ1) is 16.0. The number of ether oxygens (including phenoxy) is 1. The van der Waals surface area contributed by atoms with Crippen LogP contribution in [0.4, 0.5) is 18.9 Å². The van der Waals surface area contributed by atoms with Crippen LogP contribution in [0.25, 0.3) is 0 Å². The standard InChI is InChI=1S/C12H12F3NO4/c1-7-4-8(2-3-9(7)11(18)19)16-10(17)5-20-6-12(13,14)15/h2-4H,5-6H2,1H3,(H,16,17)(H,18,19). The molecule has 0 aliphatic heterocycles. The number of benzene rings is 1. The second-order valence-corrected chi connectivity index (χ2v) is 3.99. The van der Waals surface area contributed by atoms with Gasteiger partial charge in [-0.3, -0.25) is 4.79 Å². The summed E-state index contributed by atoms with van der Waals surface area (Å²) in [5.41, 5.74) is 0.788. The topological polar surface area (TPSA) is 75.6 Å². The summed E-state index contributed by atoms with van der Waals surface area (Å²) in [6.45, 7) is -0.699. The quantitative estimate of drug-likeness (QED) is 0.872. The van der Waals surface area contributed by atoms with Gasteiger partial charge in [-0.2, -0.15) is 13.2 Å². The Hall–Kier alpha value is -2.09. The molecule has 20 heavy (non-hydrogen) atoms. The van der Waals surface area contributed by atoms with Crippen LogP contribution in [-0.2, 0) is 9.53 Å². The second kappa shape index (κ2) is 6.38. The maximum atomic E-state index is 11.8. The van der Waals surface area contributed by atoms with Gasteiger partial charge in [0.15, 0.2) is 0 Å². The van der Waals surface area contributed by atoms with Gasteiger partial charge >= 0.3 is 12.1 Å². The Morgan fingerprint density at radius 2 is 2.00 bits per heavy atom. The largest absolute Gasteiger partial charge is 0.478 e. The van der Waals surface area contributed by atoms with Gasteiger partial charge in [-0.1, -0.05) is 0 Å². The number of hydrogen-bond donors (Lipinski definition) is 2. The first-order chi connectivity index (χ1) is 9.19. The van der Waals surface area contributed by atoms with E-state index in [2.05, 4.69) is 10.1 Å². The van der Waals surface area contributed by atoms with Gasteiger partial charge < -0.3 is 15.2 Å². The number of halogens is 3. The van der Waals surface area contributed by atoms with Gasteiger partial charge in [-0.05, 0) is 30.7 Å². The Morgan fingerprint density at radius 1 is 1.35 bits per heavy atom. The smallest absolute Gasteiger partial charge is 0.411 e. The Balaban J connectivity index is 2.54. The number of carboxylic acids is 1. The molecule has 0 saturated carbocycles. The third-order valence-electron chi connectivity index (χ3n) is 2.24. The van der Waals surface area contributed by atoms with Crippen molar-refractivity contribution in [3.05, 3.63) is 29.3 Å². The summed E-state index contributed by atoms with van der Waals surface area (Å²) >= 11 is 0. The molecule has 5 nitrogen and oxygen atoms in total. The minimum Gasteiger partial charge on any atom is -0.478 e. The van der Waals surface area contributed by atoms with Crippen molar-refractivity contribution in [1.82, 2.24) is 0 Å². The van der Waals surface area contributed by atoms with E-state index < -0.39 is 31.3 Å². The van der Waals surface area contributed by atoms with Gasteiger partial charge in [0.05, 0.1) is 5.56 Å². The second-order valence-electron chi connectivity index (χ2n) is 3.99. The van der Waals surface area contributed by atoms with Crippen LogP contribution < -0.4 is 5.32 Å². The molecule has 1 amide bonds.